The van der Waals surface area contributed by atoms with Crippen molar-refractivity contribution in [1.29, 1.82) is 0 Å². The molecule has 3 aliphatic carbocycles. The van der Waals surface area contributed by atoms with Crippen LogP contribution in [-0.2, 0) is 0 Å². The molecule has 4 rings (SSSR count). The Labute approximate surface area is 176 Å². The summed E-state index contributed by atoms with van der Waals surface area (Å²) in [6, 6.07) is 0. The lowest BCUT2D eigenvalue weighted by atomic mass is 9.53. The first-order chi connectivity index (χ1) is 13.1. The maximum absolute atomic E-state index is 2.87. The van der Waals surface area contributed by atoms with Crippen LogP contribution in [0.3, 0.4) is 0 Å². The molecule has 4 fully saturated rings. The van der Waals surface area contributed by atoms with E-state index in [9.17, 15) is 0 Å². The van der Waals surface area contributed by atoms with Crippen LogP contribution in [-0.4, -0.2) is 24.5 Å². The third-order valence-electron chi connectivity index (χ3n) is 9.26. The van der Waals surface area contributed by atoms with Gasteiger partial charge in [-0.15, -0.1) is 0 Å². The van der Waals surface area contributed by atoms with Gasteiger partial charge in [-0.05, 0) is 104 Å². The predicted octanol–water partition coefficient (Wildman–Crippen LogP) is 7.55. The van der Waals surface area contributed by atoms with Crippen molar-refractivity contribution in [2.24, 2.45) is 39.9 Å². The zero-order valence-electron chi connectivity index (χ0n) is 19.9. The van der Waals surface area contributed by atoms with Gasteiger partial charge < -0.3 is 4.90 Å². The Balaban J connectivity index is 1.21. The van der Waals surface area contributed by atoms with Gasteiger partial charge >= 0.3 is 0 Å². The zero-order valence-corrected chi connectivity index (χ0v) is 19.9. The van der Waals surface area contributed by atoms with E-state index in [1.54, 1.807) is 25.7 Å². The molecule has 28 heavy (non-hydrogen) atoms. The van der Waals surface area contributed by atoms with Crippen LogP contribution in [0.4, 0.5) is 0 Å². The summed E-state index contributed by atoms with van der Waals surface area (Å²) in [7, 11) is 0. The van der Waals surface area contributed by atoms with Crippen molar-refractivity contribution in [3.63, 3.8) is 0 Å². The molecule has 0 aromatic heterocycles. The number of likely N-dealkylation sites (tertiary alicyclic amines) is 1. The quantitative estimate of drug-likeness (QED) is 0.455. The zero-order chi connectivity index (χ0) is 20.0. The Bertz CT molecular complexity index is 499. The molecule has 3 saturated carbocycles. The number of piperidine rings is 1. The molecule has 1 heterocycles. The van der Waals surface area contributed by atoms with Crippen LogP contribution < -0.4 is 0 Å². The molecule has 0 aromatic carbocycles. The monoisotopic (exact) mass is 387 g/mol. The van der Waals surface area contributed by atoms with Crippen LogP contribution in [0.5, 0.6) is 0 Å². The molecule has 1 aliphatic heterocycles. The fourth-order valence-electron chi connectivity index (χ4n) is 8.02. The lowest BCUT2D eigenvalue weighted by Crippen LogP contribution is -2.44. The van der Waals surface area contributed by atoms with Crippen molar-refractivity contribution >= 4 is 0 Å². The lowest BCUT2D eigenvalue weighted by molar-refractivity contribution is -0.0103. The van der Waals surface area contributed by atoms with Crippen LogP contribution in [0, 0.1) is 39.9 Å². The fourth-order valence-corrected chi connectivity index (χ4v) is 8.02. The topological polar surface area (TPSA) is 3.24 Å². The molecule has 2 bridgehead atoms. The van der Waals surface area contributed by atoms with Gasteiger partial charge in [-0.1, -0.05) is 53.9 Å². The largest absolute Gasteiger partial charge is 0.303 e. The van der Waals surface area contributed by atoms with Crippen LogP contribution in [0.1, 0.15) is 112 Å². The van der Waals surface area contributed by atoms with E-state index in [1.165, 1.54) is 71.0 Å². The molecule has 1 nitrogen and oxygen atoms in total. The summed E-state index contributed by atoms with van der Waals surface area (Å²) < 4.78 is 0. The van der Waals surface area contributed by atoms with Gasteiger partial charge in [0.25, 0.3) is 0 Å². The van der Waals surface area contributed by atoms with E-state index < -0.39 is 0 Å². The summed E-state index contributed by atoms with van der Waals surface area (Å²) in [6.07, 6.45) is 18.2. The maximum atomic E-state index is 2.87. The SMILES string of the molecule is CC(C)(C)CC1C2CCC1CN(CCC(C)(C)CC1CC3(CCCCC3)C1)C2. The number of nitrogens with zero attached hydrogens (tertiary/aromatic N) is 1. The minimum Gasteiger partial charge on any atom is -0.303 e. The summed E-state index contributed by atoms with van der Waals surface area (Å²) >= 11 is 0. The Morgan fingerprint density at radius 3 is 2.00 bits per heavy atom. The van der Waals surface area contributed by atoms with E-state index in [1.807, 2.05) is 0 Å². The smallest absolute Gasteiger partial charge is 0.00125 e. The van der Waals surface area contributed by atoms with Crippen molar-refractivity contribution < 1.29 is 0 Å². The van der Waals surface area contributed by atoms with Crippen LogP contribution in [0.2, 0.25) is 0 Å². The van der Waals surface area contributed by atoms with Crippen molar-refractivity contribution in [1.82, 2.24) is 4.90 Å². The van der Waals surface area contributed by atoms with E-state index in [4.69, 9.17) is 0 Å². The summed E-state index contributed by atoms with van der Waals surface area (Å²) in [5, 5.41) is 0. The molecule has 0 N–H and O–H groups in total. The minimum absolute atomic E-state index is 0.508. The van der Waals surface area contributed by atoms with E-state index in [-0.39, 0.29) is 0 Å². The summed E-state index contributed by atoms with van der Waals surface area (Å²) in [5.74, 6) is 4.06. The highest BCUT2D eigenvalue weighted by molar-refractivity contribution is 4.97. The molecule has 4 aliphatic rings. The Morgan fingerprint density at radius 1 is 0.821 bits per heavy atom. The molecule has 1 saturated heterocycles. The number of fused-ring (bicyclic) bond motifs is 2. The van der Waals surface area contributed by atoms with Gasteiger partial charge in [-0.2, -0.15) is 0 Å². The first kappa shape index (κ1) is 21.2. The second kappa shape index (κ2) is 7.90. The first-order valence-corrected chi connectivity index (χ1v) is 12.9. The number of hydrogen-bond donors (Lipinski definition) is 0. The highest BCUT2D eigenvalue weighted by atomic mass is 15.1. The summed E-state index contributed by atoms with van der Waals surface area (Å²) in [6.45, 7) is 16.6. The minimum atomic E-state index is 0.508. The van der Waals surface area contributed by atoms with E-state index in [0.717, 1.165) is 29.1 Å². The average molecular weight is 388 g/mol. The second-order valence-corrected chi connectivity index (χ2v) is 13.7. The Morgan fingerprint density at radius 2 is 1.43 bits per heavy atom. The molecular formula is C27H49N. The van der Waals surface area contributed by atoms with Crippen molar-refractivity contribution in [3.8, 4) is 0 Å². The van der Waals surface area contributed by atoms with Gasteiger partial charge in [-0.25, -0.2) is 0 Å². The number of rotatable bonds is 6. The third-order valence-corrected chi connectivity index (χ3v) is 9.26. The molecule has 0 aromatic rings. The highest BCUT2D eigenvalue weighted by Gasteiger charge is 2.46. The van der Waals surface area contributed by atoms with Gasteiger partial charge in [-0.3, -0.25) is 0 Å². The van der Waals surface area contributed by atoms with Crippen molar-refractivity contribution in [3.05, 3.63) is 0 Å². The number of hydrogen-bond acceptors (Lipinski definition) is 1. The Kier molecular flexibility index (Phi) is 5.98. The van der Waals surface area contributed by atoms with Crippen LogP contribution in [0.25, 0.3) is 0 Å². The van der Waals surface area contributed by atoms with Gasteiger partial charge in [0.2, 0.25) is 0 Å². The van der Waals surface area contributed by atoms with Gasteiger partial charge in [0.15, 0.2) is 0 Å². The summed E-state index contributed by atoms with van der Waals surface area (Å²) in [4.78, 5) is 2.87. The van der Waals surface area contributed by atoms with E-state index in [2.05, 4.69) is 39.5 Å². The van der Waals surface area contributed by atoms with Crippen LogP contribution >= 0.6 is 0 Å². The molecule has 0 amide bonds. The van der Waals surface area contributed by atoms with Gasteiger partial charge in [0.05, 0.1) is 0 Å². The fraction of sp³-hybridized carbons (Fsp3) is 1.00. The second-order valence-electron chi connectivity index (χ2n) is 13.7. The average Bonchev–Trinajstić information content (AvgIpc) is 2.80. The molecule has 1 heteroatoms. The highest BCUT2D eigenvalue weighted by Crippen LogP contribution is 2.57. The third kappa shape index (κ3) is 4.98. The normalized spacial score (nSPS) is 34.0. The predicted molar refractivity (Wildman–Crippen MR) is 121 cm³/mol. The summed E-state index contributed by atoms with van der Waals surface area (Å²) in [5.41, 5.74) is 1.86. The van der Waals surface area contributed by atoms with Gasteiger partial charge in [0, 0.05) is 13.1 Å². The molecule has 2 unspecified atom stereocenters. The Hall–Kier alpha value is -0.0400. The molecule has 2 atom stereocenters. The van der Waals surface area contributed by atoms with Crippen molar-refractivity contribution in [2.45, 2.75) is 112 Å². The molecule has 1 spiro atoms. The molecule has 162 valence electrons. The van der Waals surface area contributed by atoms with E-state index in [0.29, 0.717) is 10.8 Å². The molecule has 0 radical (unpaired) electrons. The standard InChI is InChI=1S/C27H49N/c1-25(2,3)18-24-22-9-10-23(24)20-28(19-22)14-13-26(4,5)15-21-16-27(17-21)11-7-6-8-12-27/h21-24H,6-20H2,1-5H3. The maximum Gasteiger partial charge on any atom is 0.00125 e. The van der Waals surface area contributed by atoms with E-state index >= 15 is 0 Å². The lowest BCUT2D eigenvalue weighted by Gasteiger charge is -2.52. The first-order valence-electron chi connectivity index (χ1n) is 12.9. The van der Waals surface area contributed by atoms with Crippen LogP contribution in [0.15, 0.2) is 0 Å². The van der Waals surface area contributed by atoms with Gasteiger partial charge in [0.1, 0.15) is 0 Å². The molecular weight excluding hydrogens is 338 g/mol. The van der Waals surface area contributed by atoms with Crippen molar-refractivity contribution in [2.75, 3.05) is 19.6 Å².